The summed E-state index contributed by atoms with van der Waals surface area (Å²) in [6.45, 7) is 8.33. The normalized spacial score (nSPS) is 16.4. The SMILES string of the molecule is CCN1CCN(c2ccc([N+](=O)[O-])c(C(=O)Nc3cc(C(=O)NC4CC4)ccc3C)c2)CC1. The van der Waals surface area contributed by atoms with E-state index in [1.54, 1.807) is 30.3 Å². The average molecular weight is 452 g/mol. The third-order valence-corrected chi connectivity index (χ3v) is 6.27. The lowest BCUT2D eigenvalue weighted by Crippen LogP contribution is -2.46. The van der Waals surface area contributed by atoms with Gasteiger partial charge < -0.3 is 20.4 Å². The van der Waals surface area contributed by atoms with E-state index in [0.717, 1.165) is 56.8 Å². The molecule has 2 N–H and O–H groups in total. The van der Waals surface area contributed by atoms with Crippen LogP contribution in [0, 0.1) is 17.0 Å². The summed E-state index contributed by atoms with van der Waals surface area (Å²) < 4.78 is 0. The van der Waals surface area contributed by atoms with E-state index in [1.165, 1.54) is 6.07 Å². The van der Waals surface area contributed by atoms with E-state index >= 15 is 0 Å². The van der Waals surface area contributed by atoms with Gasteiger partial charge in [-0.3, -0.25) is 19.7 Å². The molecule has 9 heteroatoms. The second-order valence-electron chi connectivity index (χ2n) is 8.61. The van der Waals surface area contributed by atoms with Gasteiger partial charge in [0, 0.05) is 55.2 Å². The van der Waals surface area contributed by atoms with E-state index < -0.39 is 10.8 Å². The number of carbonyl (C=O) groups excluding carboxylic acids is 2. The Labute approximate surface area is 192 Å². The molecule has 2 aliphatic rings. The fourth-order valence-electron chi connectivity index (χ4n) is 3.97. The van der Waals surface area contributed by atoms with Gasteiger partial charge in [0.25, 0.3) is 17.5 Å². The summed E-state index contributed by atoms with van der Waals surface area (Å²) in [5.41, 5.74) is 2.21. The van der Waals surface area contributed by atoms with E-state index in [0.29, 0.717) is 11.3 Å². The predicted octanol–water partition coefficient (Wildman–Crippen LogP) is 3.19. The van der Waals surface area contributed by atoms with Crippen LogP contribution in [0.25, 0.3) is 0 Å². The lowest BCUT2D eigenvalue weighted by molar-refractivity contribution is -0.385. The zero-order valence-corrected chi connectivity index (χ0v) is 19.0. The number of carbonyl (C=O) groups is 2. The van der Waals surface area contributed by atoms with Crippen molar-refractivity contribution in [3.8, 4) is 0 Å². The Bertz CT molecular complexity index is 1070. The molecule has 4 rings (SSSR count). The average Bonchev–Trinajstić information content (AvgIpc) is 3.64. The topological polar surface area (TPSA) is 108 Å². The summed E-state index contributed by atoms with van der Waals surface area (Å²) in [5.74, 6) is -0.759. The van der Waals surface area contributed by atoms with Gasteiger partial charge in [-0.15, -0.1) is 0 Å². The number of aryl methyl sites for hydroxylation is 1. The monoisotopic (exact) mass is 451 g/mol. The molecule has 1 saturated carbocycles. The number of amides is 2. The molecule has 1 aliphatic heterocycles. The first-order valence-corrected chi connectivity index (χ1v) is 11.3. The van der Waals surface area contributed by atoms with Crippen LogP contribution < -0.4 is 15.5 Å². The third kappa shape index (κ3) is 5.31. The van der Waals surface area contributed by atoms with Gasteiger partial charge in [-0.05, 0) is 56.1 Å². The fraction of sp³-hybridized carbons (Fsp3) is 0.417. The van der Waals surface area contributed by atoms with Crippen LogP contribution in [0.1, 0.15) is 46.0 Å². The Morgan fingerprint density at radius 3 is 2.42 bits per heavy atom. The van der Waals surface area contributed by atoms with Crippen LogP contribution in [0.4, 0.5) is 17.1 Å². The standard InChI is InChI=1S/C24H29N5O4/c1-3-27-10-12-28(13-11-27)19-8-9-22(29(32)33)20(15-19)24(31)26-21-14-17(5-4-16(21)2)23(30)25-18-6-7-18/h4-5,8-9,14-15,18H,3,6-7,10-13H2,1-2H3,(H,25,30)(H,26,31). The number of benzene rings is 2. The van der Waals surface area contributed by atoms with Gasteiger partial charge in [-0.25, -0.2) is 0 Å². The molecule has 1 aliphatic carbocycles. The van der Waals surface area contributed by atoms with Crippen LogP contribution in [-0.2, 0) is 0 Å². The molecule has 2 fully saturated rings. The van der Waals surface area contributed by atoms with Crippen molar-refractivity contribution in [1.29, 1.82) is 0 Å². The number of nitro benzene ring substituents is 1. The van der Waals surface area contributed by atoms with Crippen molar-refractivity contribution >= 4 is 28.9 Å². The van der Waals surface area contributed by atoms with Gasteiger partial charge in [0.2, 0.25) is 0 Å². The molecule has 2 aromatic carbocycles. The van der Waals surface area contributed by atoms with Crippen LogP contribution in [0.2, 0.25) is 0 Å². The van der Waals surface area contributed by atoms with Crippen LogP contribution in [0.3, 0.4) is 0 Å². The number of hydrogen-bond donors (Lipinski definition) is 2. The highest BCUT2D eigenvalue weighted by Crippen LogP contribution is 2.28. The van der Waals surface area contributed by atoms with Crippen molar-refractivity contribution in [2.75, 3.05) is 42.9 Å². The molecule has 9 nitrogen and oxygen atoms in total. The van der Waals surface area contributed by atoms with Gasteiger partial charge >= 0.3 is 0 Å². The van der Waals surface area contributed by atoms with Gasteiger partial charge in [0.05, 0.1) is 4.92 Å². The molecule has 174 valence electrons. The molecule has 2 amide bonds. The molecule has 1 heterocycles. The fourth-order valence-corrected chi connectivity index (χ4v) is 3.97. The Balaban J connectivity index is 1.56. The van der Waals surface area contributed by atoms with Crippen LogP contribution >= 0.6 is 0 Å². The van der Waals surface area contributed by atoms with E-state index in [2.05, 4.69) is 27.4 Å². The highest BCUT2D eigenvalue weighted by molar-refractivity contribution is 6.08. The number of rotatable bonds is 7. The minimum Gasteiger partial charge on any atom is -0.369 e. The van der Waals surface area contributed by atoms with Crippen LogP contribution in [0.15, 0.2) is 36.4 Å². The Morgan fingerprint density at radius 2 is 1.79 bits per heavy atom. The number of nitrogens with one attached hydrogen (secondary N) is 2. The second kappa shape index (κ2) is 9.58. The highest BCUT2D eigenvalue weighted by Gasteiger charge is 2.26. The minimum atomic E-state index is -0.571. The molecular formula is C24H29N5O4. The maximum Gasteiger partial charge on any atom is 0.282 e. The molecule has 0 bridgehead atoms. The van der Waals surface area contributed by atoms with Gasteiger partial charge in [-0.2, -0.15) is 0 Å². The first kappa shape index (κ1) is 22.7. The molecule has 0 aromatic heterocycles. The Hall–Kier alpha value is -3.46. The van der Waals surface area contributed by atoms with Crippen molar-refractivity contribution < 1.29 is 14.5 Å². The van der Waals surface area contributed by atoms with Crippen LogP contribution in [0.5, 0.6) is 0 Å². The number of nitrogens with zero attached hydrogens (tertiary/aromatic N) is 3. The number of nitro groups is 1. The summed E-state index contributed by atoms with van der Waals surface area (Å²) in [6.07, 6.45) is 1.96. The van der Waals surface area contributed by atoms with Crippen molar-refractivity contribution in [2.45, 2.75) is 32.7 Å². The van der Waals surface area contributed by atoms with Crippen molar-refractivity contribution in [3.05, 3.63) is 63.2 Å². The molecule has 33 heavy (non-hydrogen) atoms. The summed E-state index contributed by atoms with van der Waals surface area (Å²) in [4.78, 5) is 41.1. The van der Waals surface area contributed by atoms with Gasteiger partial charge in [-0.1, -0.05) is 13.0 Å². The molecule has 1 saturated heterocycles. The smallest absolute Gasteiger partial charge is 0.282 e. The zero-order chi connectivity index (χ0) is 23.5. The van der Waals surface area contributed by atoms with Crippen molar-refractivity contribution in [1.82, 2.24) is 10.2 Å². The summed E-state index contributed by atoms with van der Waals surface area (Å²) in [5, 5.41) is 17.3. The second-order valence-corrected chi connectivity index (χ2v) is 8.61. The third-order valence-electron chi connectivity index (χ3n) is 6.27. The maximum atomic E-state index is 13.2. The molecule has 0 radical (unpaired) electrons. The lowest BCUT2D eigenvalue weighted by atomic mass is 10.1. The van der Waals surface area contributed by atoms with E-state index in [9.17, 15) is 19.7 Å². The number of likely N-dealkylation sites (N-methyl/N-ethyl adjacent to an activating group) is 1. The number of hydrogen-bond acceptors (Lipinski definition) is 6. The number of anilines is 2. The highest BCUT2D eigenvalue weighted by atomic mass is 16.6. The minimum absolute atomic E-state index is 0.00246. The quantitative estimate of drug-likeness (QED) is 0.495. The summed E-state index contributed by atoms with van der Waals surface area (Å²) >= 11 is 0. The lowest BCUT2D eigenvalue weighted by Gasteiger charge is -2.35. The summed E-state index contributed by atoms with van der Waals surface area (Å²) in [6, 6.07) is 9.99. The number of piperazine rings is 1. The molecule has 0 unspecified atom stereocenters. The first-order valence-electron chi connectivity index (χ1n) is 11.3. The van der Waals surface area contributed by atoms with Gasteiger partial charge in [0.1, 0.15) is 5.56 Å². The Kier molecular flexibility index (Phi) is 6.60. The van der Waals surface area contributed by atoms with Crippen molar-refractivity contribution in [3.63, 3.8) is 0 Å². The molecule has 0 spiro atoms. The van der Waals surface area contributed by atoms with Gasteiger partial charge in [0.15, 0.2) is 0 Å². The molecule has 0 atom stereocenters. The largest absolute Gasteiger partial charge is 0.369 e. The van der Waals surface area contributed by atoms with Crippen molar-refractivity contribution in [2.24, 2.45) is 0 Å². The summed E-state index contributed by atoms with van der Waals surface area (Å²) in [7, 11) is 0. The molecule has 2 aromatic rings. The first-order chi connectivity index (χ1) is 15.9. The maximum absolute atomic E-state index is 13.2. The van der Waals surface area contributed by atoms with E-state index in [-0.39, 0.29) is 23.2 Å². The predicted molar refractivity (Wildman–Crippen MR) is 127 cm³/mol. The van der Waals surface area contributed by atoms with E-state index in [4.69, 9.17) is 0 Å². The molecular weight excluding hydrogens is 422 g/mol. The zero-order valence-electron chi connectivity index (χ0n) is 19.0. The van der Waals surface area contributed by atoms with Crippen LogP contribution in [-0.4, -0.2) is 60.4 Å². The Morgan fingerprint density at radius 1 is 1.06 bits per heavy atom. The van der Waals surface area contributed by atoms with E-state index in [1.807, 2.05) is 6.92 Å².